The van der Waals surface area contributed by atoms with E-state index in [2.05, 4.69) is 177 Å². The molecule has 2 fully saturated rings. The molecular weight excluding hydrogens is 781 g/mol. The Morgan fingerprint density at radius 3 is 0.841 bits per heavy atom. The lowest BCUT2D eigenvalue weighted by Crippen LogP contribution is -2.33. The van der Waals surface area contributed by atoms with Crippen LogP contribution in [0.2, 0.25) is 0 Å². The van der Waals surface area contributed by atoms with Crippen LogP contribution in [0.25, 0.3) is 0 Å². The predicted molar refractivity (Wildman–Crippen MR) is 266 cm³/mol. The highest BCUT2D eigenvalue weighted by Crippen LogP contribution is 2.53. The van der Waals surface area contributed by atoms with Crippen LogP contribution in [0.15, 0.2) is 24.3 Å². The Hall–Kier alpha value is -2.12. The first-order valence-electron chi connectivity index (χ1n) is 24.5. The number of hydrogen-bond acceptors (Lipinski definition) is 6. The zero-order valence-corrected chi connectivity index (χ0v) is 44.9. The van der Waals surface area contributed by atoms with Crippen molar-refractivity contribution in [2.45, 2.75) is 217 Å². The maximum absolute atomic E-state index is 7.05. The lowest BCUT2D eigenvalue weighted by Gasteiger charge is -2.41. The SMILES string of the molecule is CC(C)(C)CC(C)(C)c1cc(C(C)(C)c2cc(C(C)(C)CC(C)(C)C)c(OCCOCC3CO3)c(C(C)(C)CC(C)(C)C)c2)cc(C(C)(C)CC(C)(C)C)c1OCCOCC1CO1. The van der Waals surface area contributed by atoms with E-state index in [0.29, 0.717) is 39.6 Å². The topological polar surface area (TPSA) is 62.0 Å². The zero-order valence-electron chi connectivity index (χ0n) is 44.9. The second-order valence-corrected chi connectivity index (χ2v) is 27.7. The summed E-state index contributed by atoms with van der Waals surface area (Å²) in [5, 5.41) is 0. The molecule has 0 saturated carbocycles. The summed E-state index contributed by atoms with van der Waals surface area (Å²) in [6.07, 6.45) is 4.50. The fraction of sp³-hybridized carbons (Fsp3) is 0.789. The van der Waals surface area contributed by atoms with Gasteiger partial charge < -0.3 is 28.4 Å². The van der Waals surface area contributed by atoms with E-state index in [-0.39, 0.29) is 60.9 Å². The molecule has 63 heavy (non-hydrogen) atoms. The van der Waals surface area contributed by atoms with E-state index in [9.17, 15) is 0 Å². The molecule has 0 radical (unpaired) electrons. The monoisotopic (exact) mass is 877 g/mol. The third-order valence-electron chi connectivity index (χ3n) is 12.8. The molecule has 0 bridgehead atoms. The first-order valence-corrected chi connectivity index (χ1v) is 24.5. The number of hydrogen-bond donors (Lipinski definition) is 0. The van der Waals surface area contributed by atoms with Gasteiger partial charge in [-0.1, -0.05) is 177 Å². The van der Waals surface area contributed by atoms with Crippen molar-refractivity contribution < 1.29 is 28.4 Å². The van der Waals surface area contributed by atoms with Crippen molar-refractivity contribution in [2.24, 2.45) is 21.7 Å². The molecule has 0 N–H and O–H groups in total. The van der Waals surface area contributed by atoms with Crippen molar-refractivity contribution in [2.75, 3.05) is 52.9 Å². The van der Waals surface area contributed by atoms with Crippen molar-refractivity contribution in [1.82, 2.24) is 0 Å². The van der Waals surface area contributed by atoms with Gasteiger partial charge in [-0.05, 0) is 80.1 Å². The van der Waals surface area contributed by atoms with Crippen molar-refractivity contribution in [1.29, 1.82) is 0 Å². The summed E-state index contributed by atoms with van der Waals surface area (Å²) >= 11 is 0. The highest BCUT2D eigenvalue weighted by molar-refractivity contribution is 5.58. The molecule has 0 amide bonds. The second-order valence-electron chi connectivity index (χ2n) is 27.7. The number of benzene rings is 2. The Morgan fingerprint density at radius 2 is 0.635 bits per heavy atom. The van der Waals surface area contributed by atoms with Crippen molar-refractivity contribution in [3.63, 3.8) is 0 Å². The molecule has 2 atom stereocenters. The van der Waals surface area contributed by atoms with Crippen LogP contribution in [0.1, 0.15) is 211 Å². The molecule has 2 aliphatic heterocycles. The minimum Gasteiger partial charge on any atom is -0.491 e. The van der Waals surface area contributed by atoms with Gasteiger partial charge in [-0.2, -0.15) is 0 Å². The average Bonchev–Trinajstić information content (AvgIpc) is 4.00. The molecule has 2 aliphatic rings. The van der Waals surface area contributed by atoms with Gasteiger partial charge in [0.15, 0.2) is 0 Å². The van der Waals surface area contributed by atoms with Gasteiger partial charge in [0.1, 0.15) is 36.9 Å². The van der Waals surface area contributed by atoms with Crippen LogP contribution in [0.3, 0.4) is 0 Å². The smallest absolute Gasteiger partial charge is 0.126 e. The Kier molecular flexibility index (Phi) is 16.3. The van der Waals surface area contributed by atoms with Gasteiger partial charge in [0.05, 0.1) is 39.6 Å². The molecule has 2 saturated heterocycles. The highest BCUT2D eigenvalue weighted by Gasteiger charge is 2.42. The average molecular weight is 877 g/mol. The predicted octanol–water partition coefficient (Wildman–Crippen LogP) is 14.5. The quantitative estimate of drug-likeness (QED) is 0.0867. The molecule has 0 spiro atoms. The molecule has 2 aromatic rings. The fourth-order valence-corrected chi connectivity index (χ4v) is 11.3. The summed E-state index contributed by atoms with van der Waals surface area (Å²) in [4.78, 5) is 0. The van der Waals surface area contributed by atoms with E-state index in [0.717, 1.165) is 50.4 Å². The third-order valence-corrected chi connectivity index (χ3v) is 12.8. The van der Waals surface area contributed by atoms with E-state index < -0.39 is 0 Å². The summed E-state index contributed by atoms with van der Waals surface area (Å²) in [5.41, 5.74) is 7.07. The first-order chi connectivity index (χ1) is 28.4. The van der Waals surface area contributed by atoms with E-state index in [1.807, 2.05) is 0 Å². The Labute approximate surface area is 388 Å². The number of ether oxygens (including phenoxy) is 6. The van der Waals surface area contributed by atoms with Crippen LogP contribution in [0.4, 0.5) is 0 Å². The largest absolute Gasteiger partial charge is 0.491 e. The lowest BCUT2D eigenvalue weighted by atomic mass is 9.64. The second kappa shape index (κ2) is 19.2. The minimum absolute atomic E-state index is 0.106. The summed E-state index contributed by atoms with van der Waals surface area (Å²) in [6, 6.07) is 10.1. The molecule has 360 valence electrons. The van der Waals surface area contributed by atoms with E-state index >= 15 is 0 Å². The third kappa shape index (κ3) is 16.0. The Balaban J connectivity index is 2.05. The lowest BCUT2D eigenvalue weighted by molar-refractivity contribution is 0.0861. The summed E-state index contributed by atoms with van der Waals surface area (Å²) in [5.74, 6) is 2.06. The standard InChI is InChI=1S/C57H96O6/c1-49(2,3)35-53(13,14)43-27-39(28-44(54(15,16)36-50(4,5)6)47(43)60-25-23-58-31-41-33-62-41)57(21,22)40-29-45(55(17,18)37-51(7,8)9)48(61-26-24-59-32-42-34-63-42)46(30-40)56(19,20)38-52(10,11)12/h27-30,41-42H,23-26,31-38H2,1-22H3. The van der Waals surface area contributed by atoms with Gasteiger partial charge in [-0.3, -0.25) is 0 Å². The van der Waals surface area contributed by atoms with Crippen molar-refractivity contribution in [3.05, 3.63) is 57.6 Å². The summed E-state index contributed by atoms with van der Waals surface area (Å²) in [7, 11) is 0. The van der Waals surface area contributed by atoms with Crippen LogP contribution >= 0.6 is 0 Å². The van der Waals surface area contributed by atoms with Crippen LogP contribution in [-0.4, -0.2) is 65.1 Å². The molecular formula is C57H96O6. The first kappa shape index (κ1) is 53.5. The van der Waals surface area contributed by atoms with Gasteiger partial charge in [0.2, 0.25) is 0 Å². The molecule has 6 nitrogen and oxygen atoms in total. The molecule has 2 heterocycles. The summed E-state index contributed by atoms with van der Waals surface area (Å²) in [6.45, 7) is 57.5. The van der Waals surface area contributed by atoms with Crippen LogP contribution in [0, 0.1) is 21.7 Å². The molecule has 0 aromatic heterocycles. The minimum atomic E-state index is -0.379. The Morgan fingerprint density at radius 1 is 0.397 bits per heavy atom. The highest BCUT2D eigenvalue weighted by atomic mass is 16.6. The van der Waals surface area contributed by atoms with Gasteiger partial charge in [0.25, 0.3) is 0 Å². The summed E-state index contributed by atoms with van der Waals surface area (Å²) < 4.78 is 37.1. The van der Waals surface area contributed by atoms with Gasteiger partial charge in [-0.25, -0.2) is 0 Å². The van der Waals surface area contributed by atoms with Crippen molar-refractivity contribution >= 4 is 0 Å². The van der Waals surface area contributed by atoms with Gasteiger partial charge in [-0.15, -0.1) is 0 Å². The van der Waals surface area contributed by atoms with E-state index in [4.69, 9.17) is 28.4 Å². The van der Waals surface area contributed by atoms with Gasteiger partial charge >= 0.3 is 0 Å². The zero-order chi connectivity index (χ0) is 47.8. The van der Waals surface area contributed by atoms with Crippen molar-refractivity contribution in [3.8, 4) is 11.5 Å². The van der Waals surface area contributed by atoms with Crippen LogP contribution in [0.5, 0.6) is 11.5 Å². The van der Waals surface area contributed by atoms with E-state index in [1.165, 1.54) is 33.4 Å². The Bertz CT molecular complexity index is 1580. The molecule has 4 rings (SSSR count). The van der Waals surface area contributed by atoms with Crippen LogP contribution in [-0.2, 0) is 46.0 Å². The molecule has 2 unspecified atom stereocenters. The number of epoxide rings is 2. The van der Waals surface area contributed by atoms with E-state index in [1.54, 1.807) is 0 Å². The maximum atomic E-state index is 7.05. The molecule has 6 heteroatoms. The van der Waals surface area contributed by atoms with Crippen LogP contribution < -0.4 is 9.47 Å². The normalized spacial score (nSPS) is 18.2. The molecule has 2 aromatic carbocycles. The number of rotatable bonds is 22. The molecule has 0 aliphatic carbocycles. The maximum Gasteiger partial charge on any atom is 0.126 e. The van der Waals surface area contributed by atoms with Gasteiger partial charge in [0, 0.05) is 27.7 Å². The fourth-order valence-electron chi connectivity index (χ4n) is 11.3.